The van der Waals surface area contributed by atoms with Crippen LogP contribution in [0.4, 0.5) is 0 Å². The van der Waals surface area contributed by atoms with Crippen LogP contribution in [0.5, 0.6) is 0 Å². The molecular formula is C31H19IN2O. The Labute approximate surface area is 215 Å². The van der Waals surface area contributed by atoms with Crippen LogP contribution < -0.4 is 0 Å². The third-order valence-electron chi connectivity index (χ3n) is 6.50. The molecule has 0 saturated carbocycles. The summed E-state index contributed by atoms with van der Waals surface area (Å²) in [6, 6.07) is 40.4. The van der Waals surface area contributed by atoms with Gasteiger partial charge in [0, 0.05) is 25.6 Å². The average Bonchev–Trinajstić information content (AvgIpc) is 3.48. The zero-order valence-electron chi connectivity index (χ0n) is 18.7. The van der Waals surface area contributed by atoms with Crippen LogP contribution in [0.15, 0.2) is 120 Å². The molecule has 0 bridgehead atoms. The van der Waals surface area contributed by atoms with Crippen LogP contribution in [0.2, 0.25) is 0 Å². The maximum atomic E-state index is 5.99. The maximum Gasteiger partial charge on any atom is 0.227 e. The standard InChI is InChI=1S/C31H19IN2O/c32-23-15-17-30-27(19-23)33-31(35-30)21-12-10-20(11-13-21)22-14-16-29-26(18-22)25-8-4-5-9-28(25)34(29)24-6-2-1-3-7-24/h1-19H. The molecule has 0 unspecified atom stereocenters. The molecule has 0 amide bonds. The minimum atomic E-state index is 0.648. The van der Waals surface area contributed by atoms with Gasteiger partial charge in [-0.2, -0.15) is 0 Å². The fourth-order valence-electron chi connectivity index (χ4n) is 4.84. The molecular weight excluding hydrogens is 543 g/mol. The number of oxazole rings is 1. The fourth-order valence-corrected chi connectivity index (χ4v) is 5.31. The van der Waals surface area contributed by atoms with Crippen molar-refractivity contribution in [1.82, 2.24) is 9.55 Å². The molecule has 0 aliphatic carbocycles. The first-order valence-corrected chi connectivity index (χ1v) is 12.6. The van der Waals surface area contributed by atoms with Crippen LogP contribution in [0.3, 0.4) is 0 Å². The van der Waals surface area contributed by atoms with Gasteiger partial charge in [0.25, 0.3) is 0 Å². The number of hydrogen-bond donors (Lipinski definition) is 0. The van der Waals surface area contributed by atoms with Crippen molar-refractivity contribution >= 4 is 55.5 Å². The second-order valence-corrected chi connectivity index (χ2v) is 9.87. The predicted octanol–water partition coefficient (Wildman–Crippen LogP) is 8.86. The highest BCUT2D eigenvalue weighted by Gasteiger charge is 2.13. The quantitative estimate of drug-likeness (QED) is 0.202. The molecule has 7 rings (SSSR count). The lowest BCUT2D eigenvalue weighted by atomic mass is 10.0. The molecule has 0 aliphatic heterocycles. The summed E-state index contributed by atoms with van der Waals surface area (Å²) in [4.78, 5) is 4.68. The monoisotopic (exact) mass is 562 g/mol. The summed E-state index contributed by atoms with van der Waals surface area (Å²) in [6.45, 7) is 0. The first-order chi connectivity index (χ1) is 17.2. The van der Waals surface area contributed by atoms with Crippen molar-refractivity contribution < 1.29 is 4.42 Å². The molecule has 5 aromatic carbocycles. The molecule has 0 spiro atoms. The van der Waals surface area contributed by atoms with E-state index in [0.29, 0.717) is 5.89 Å². The van der Waals surface area contributed by atoms with Gasteiger partial charge in [0.15, 0.2) is 5.58 Å². The predicted molar refractivity (Wildman–Crippen MR) is 152 cm³/mol. The van der Waals surface area contributed by atoms with E-state index in [9.17, 15) is 0 Å². The largest absolute Gasteiger partial charge is 0.436 e. The highest BCUT2D eigenvalue weighted by Crippen LogP contribution is 2.35. The highest BCUT2D eigenvalue weighted by atomic mass is 127. The van der Waals surface area contributed by atoms with E-state index in [1.165, 1.54) is 33.1 Å². The first kappa shape index (κ1) is 20.5. The van der Waals surface area contributed by atoms with Crippen molar-refractivity contribution in [1.29, 1.82) is 0 Å². The van der Waals surface area contributed by atoms with Crippen LogP contribution >= 0.6 is 22.6 Å². The van der Waals surface area contributed by atoms with Gasteiger partial charge in [-0.1, -0.05) is 54.6 Å². The van der Waals surface area contributed by atoms with E-state index in [1.54, 1.807) is 0 Å². The number of aromatic nitrogens is 2. The van der Waals surface area contributed by atoms with Gasteiger partial charge in [-0.25, -0.2) is 4.98 Å². The summed E-state index contributed by atoms with van der Waals surface area (Å²) in [5, 5.41) is 2.51. The summed E-state index contributed by atoms with van der Waals surface area (Å²) in [6.07, 6.45) is 0. The normalized spacial score (nSPS) is 11.6. The van der Waals surface area contributed by atoms with Crippen LogP contribution in [0.25, 0.3) is 61.2 Å². The van der Waals surface area contributed by atoms with Gasteiger partial charge in [-0.15, -0.1) is 0 Å². The number of halogens is 1. The number of nitrogens with zero attached hydrogens (tertiary/aromatic N) is 2. The van der Waals surface area contributed by atoms with Crippen molar-refractivity contribution in [3.8, 4) is 28.3 Å². The molecule has 3 nitrogen and oxygen atoms in total. The smallest absolute Gasteiger partial charge is 0.227 e. The van der Waals surface area contributed by atoms with E-state index in [-0.39, 0.29) is 0 Å². The summed E-state index contributed by atoms with van der Waals surface area (Å²) in [5.41, 5.74) is 8.61. The number of hydrogen-bond acceptors (Lipinski definition) is 2. The van der Waals surface area contributed by atoms with Crippen molar-refractivity contribution in [3.63, 3.8) is 0 Å². The van der Waals surface area contributed by atoms with E-state index < -0.39 is 0 Å². The third-order valence-corrected chi connectivity index (χ3v) is 7.17. The number of para-hydroxylation sites is 2. The highest BCUT2D eigenvalue weighted by molar-refractivity contribution is 14.1. The lowest BCUT2D eigenvalue weighted by Crippen LogP contribution is -1.92. The van der Waals surface area contributed by atoms with Crippen molar-refractivity contribution in [2.24, 2.45) is 0 Å². The first-order valence-electron chi connectivity index (χ1n) is 11.5. The topological polar surface area (TPSA) is 31.0 Å². The molecule has 2 aromatic heterocycles. The molecule has 2 heterocycles. The van der Waals surface area contributed by atoms with Crippen LogP contribution in [-0.2, 0) is 0 Å². The van der Waals surface area contributed by atoms with Gasteiger partial charge in [0.2, 0.25) is 5.89 Å². The van der Waals surface area contributed by atoms with Gasteiger partial charge in [0.1, 0.15) is 5.52 Å². The van der Waals surface area contributed by atoms with Gasteiger partial charge >= 0.3 is 0 Å². The Kier molecular flexibility index (Phi) is 4.74. The molecule has 0 radical (unpaired) electrons. The molecule has 0 atom stereocenters. The Morgan fingerprint density at radius 1 is 0.600 bits per heavy atom. The van der Waals surface area contributed by atoms with Crippen LogP contribution in [0.1, 0.15) is 0 Å². The van der Waals surface area contributed by atoms with E-state index in [2.05, 4.69) is 129 Å². The lowest BCUT2D eigenvalue weighted by Gasteiger charge is -2.08. The van der Waals surface area contributed by atoms with Gasteiger partial charge in [0.05, 0.1) is 11.0 Å². The Balaban J connectivity index is 1.32. The van der Waals surface area contributed by atoms with Gasteiger partial charge in [-0.3, -0.25) is 0 Å². The minimum Gasteiger partial charge on any atom is -0.436 e. The zero-order chi connectivity index (χ0) is 23.4. The fraction of sp³-hybridized carbons (Fsp3) is 0. The molecule has 35 heavy (non-hydrogen) atoms. The van der Waals surface area contributed by atoms with Crippen LogP contribution in [-0.4, -0.2) is 9.55 Å². The molecule has 7 aromatic rings. The van der Waals surface area contributed by atoms with E-state index in [4.69, 9.17) is 4.42 Å². The summed E-state index contributed by atoms with van der Waals surface area (Å²) in [7, 11) is 0. The Hall–Kier alpha value is -3.90. The summed E-state index contributed by atoms with van der Waals surface area (Å²) >= 11 is 2.30. The summed E-state index contributed by atoms with van der Waals surface area (Å²) in [5.74, 6) is 0.648. The SMILES string of the molecule is Ic1ccc2oc(-c3ccc(-c4ccc5c(c4)c4ccccc4n5-c4ccccc4)cc3)nc2c1. The zero-order valence-corrected chi connectivity index (χ0v) is 20.8. The van der Waals surface area contributed by atoms with Crippen molar-refractivity contribution in [2.75, 3.05) is 0 Å². The average molecular weight is 562 g/mol. The van der Waals surface area contributed by atoms with Gasteiger partial charge < -0.3 is 8.98 Å². The minimum absolute atomic E-state index is 0.648. The van der Waals surface area contributed by atoms with Gasteiger partial charge in [-0.05, 0) is 94.4 Å². The number of benzene rings is 5. The number of rotatable bonds is 3. The molecule has 4 heteroatoms. The van der Waals surface area contributed by atoms with E-state index in [0.717, 1.165) is 25.8 Å². The molecule has 0 N–H and O–H groups in total. The van der Waals surface area contributed by atoms with Crippen molar-refractivity contribution in [3.05, 3.63) is 119 Å². The van der Waals surface area contributed by atoms with E-state index in [1.807, 2.05) is 18.2 Å². The number of fused-ring (bicyclic) bond motifs is 4. The van der Waals surface area contributed by atoms with Crippen LogP contribution in [0, 0.1) is 3.57 Å². The van der Waals surface area contributed by atoms with Crippen molar-refractivity contribution in [2.45, 2.75) is 0 Å². The second kappa shape index (κ2) is 8.10. The van der Waals surface area contributed by atoms with E-state index >= 15 is 0 Å². The molecule has 0 aliphatic rings. The molecule has 0 saturated heterocycles. The lowest BCUT2D eigenvalue weighted by molar-refractivity contribution is 0.620. The molecule has 166 valence electrons. The Morgan fingerprint density at radius 2 is 1.31 bits per heavy atom. The summed E-state index contributed by atoms with van der Waals surface area (Å²) < 4.78 is 9.47. The second-order valence-electron chi connectivity index (χ2n) is 8.63. The molecule has 0 fully saturated rings. The maximum absolute atomic E-state index is 5.99. The Bertz CT molecular complexity index is 1850. The third kappa shape index (κ3) is 3.44. The Morgan fingerprint density at radius 3 is 2.17 bits per heavy atom.